The number of piperazine rings is 1. The van der Waals surface area contributed by atoms with Crippen LogP contribution < -0.4 is 10.2 Å². The number of nitrogens with zero attached hydrogens (tertiary/aromatic N) is 4. The summed E-state index contributed by atoms with van der Waals surface area (Å²) < 4.78 is 52.8. The lowest BCUT2D eigenvalue weighted by Crippen LogP contribution is -2.50. The number of alkyl halides is 3. The average molecular weight is 510 g/mol. The maximum Gasteiger partial charge on any atom is 0.433 e. The van der Waals surface area contributed by atoms with Gasteiger partial charge in [0.15, 0.2) is 0 Å². The van der Waals surface area contributed by atoms with E-state index in [2.05, 4.69) is 15.3 Å². The van der Waals surface area contributed by atoms with Crippen LogP contribution in [0.3, 0.4) is 0 Å². The zero-order valence-electron chi connectivity index (χ0n) is 19.6. The van der Waals surface area contributed by atoms with Gasteiger partial charge in [0.25, 0.3) is 0 Å². The Balaban J connectivity index is 1.42. The first-order chi connectivity index (χ1) is 17.8. The van der Waals surface area contributed by atoms with Crippen LogP contribution in [0, 0.1) is 5.82 Å². The SMILES string of the molecule is O=C(Nc1ccc(F)cc1)C(c1ccnc2ccccc12)N1CCN(c2cccc(C(F)(F)F)n2)CC1. The van der Waals surface area contributed by atoms with Gasteiger partial charge in [0.05, 0.1) is 5.52 Å². The predicted octanol–water partition coefficient (Wildman–Crippen LogP) is 5.29. The zero-order chi connectivity index (χ0) is 26.0. The highest BCUT2D eigenvalue weighted by molar-refractivity contribution is 5.98. The van der Waals surface area contributed by atoms with Gasteiger partial charge in [-0.05, 0) is 54.1 Å². The number of anilines is 2. The number of rotatable bonds is 5. The molecule has 1 unspecified atom stereocenters. The molecule has 190 valence electrons. The van der Waals surface area contributed by atoms with Gasteiger partial charge in [-0.15, -0.1) is 0 Å². The highest BCUT2D eigenvalue weighted by Gasteiger charge is 2.35. The highest BCUT2D eigenvalue weighted by Crippen LogP contribution is 2.32. The Bertz CT molecular complexity index is 1400. The molecular weight excluding hydrogens is 486 g/mol. The third kappa shape index (κ3) is 5.39. The average Bonchev–Trinajstić information content (AvgIpc) is 2.90. The number of pyridine rings is 2. The van der Waals surface area contributed by atoms with E-state index in [1.165, 1.54) is 30.3 Å². The number of benzene rings is 2. The van der Waals surface area contributed by atoms with Gasteiger partial charge in [-0.1, -0.05) is 24.3 Å². The first-order valence-electron chi connectivity index (χ1n) is 11.7. The molecule has 2 aromatic carbocycles. The standard InChI is InChI=1S/C27H23F4N5O/c28-18-8-10-19(11-9-18)33-26(37)25(21-12-13-32-22-5-2-1-4-20(21)22)36-16-14-35(15-17-36)24-7-3-6-23(34-24)27(29,30)31/h1-13,25H,14-17H2,(H,33,37). The Labute approximate surface area is 210 Å². The predicted molar refractivity (Wildman–Crippen MR) is 133 cm³/mol. The molecule has 2 aromatic heterocycles. The minimum absolute atomic E-state index is 0.246. The fourth-order valence-corrected chi connectivity index (χ4v) is 4.57. The van der Waals surface area contributed by atoms with Crippen LogP contribution in [0.15, 0.2) is 79.0 Å². The van der Waals surface area contributed by atoms with Gasteiger partial charge in [-0.3, -0.25) is 14.7 Å². The minimum Gasteiger partial charge on any atom is -0.354 e. The Hall–Kier alpha value is -4.05. The first-order valence-corrected chi connectivity index (χ1v) is 11.7. The monoisotopic (exact) mass is 509 g/mol. The largest absolute Gasteiger partial charge is 0.433 e. The van der Waals surface area contributed by atoms with Crippen LogP contribution in [0.4, 0.5) is 29.1 Å². The summed E-state index contributed by atoms with van der Waals surface area (Å²) in [6, 6.07) is 18.0. The normalized spacial score (nSPS) is 15.5. The van der Waals surface area contributed by atoms with Crippen molar-refractivity contribution in [1.82, 2.24) is 14.9 Å². The number of hydrogen-bond donors (Lipinski definition) is 1. The first kappa shape index (κ1) is 24.6. The Morgan fingerprint density at radius 3 is 2.35 bits per heavy atom. The molecule has 1 saturated heterocycles. The number of carbonyl (C=O) groups is 1. The zero-order valence-corrected chi connectivity index (χ0v) is 19.6. The van der Waals surface area contributed by atoms with Crippen molar-refractivity contribution >= 4 is 28.3 Å². The van der Waals surface area contributed by atoms with E-state index in [9.17, 15) is 22.4 Å². The summed E-state index contributed by atoms with van der Waals surface area (Å²) in [5.74, 6) is -0.459. The summed E-state index contributed by atoms with van der Waals surface area (Å²) in [6.45, 7) is 1.60. The van der Waals surface area contributed by atoms with E-state index in [4.69, 9.17) is 0 Å². The molecule has 1 aliphatic rings. The summed E-state index contributed by atoms with van der Waals surface area (Å²) in [5, 5.41) is 3.70. The van der Waals surface area contributed by atoms with E-state index >= 15 is 0 Å². The van der Waals surface area contributed by atoms with Crippen molar-refractivity contribution in [2.45, 2.75) is 12.2 Å². The van der Waals surface area contributed by atoms with Gasteiger partial charge >= 0.3 is 6.18 Å². The molecular formula is C27H23F4N5O. The second kappa shape index (κ2) is 10.1. The van der Waals surface area contributed by atoms with E-state index in [-0.39, 0.29) is 11.7 Å². The minimum atomic E-state index is -4.52. The molecule has 1 aliphatic heterocycles. The molecule has 0 bridgehead atoms. The molecule has 0 spiro atoms. The molecule has 0 radical (unpaired) electrons. The third-order valence-corrected chi connectivity index (χ3v) is 6.37. The Morgan fingerprint density at radius 2 is 1.62 bits per heavy atom. The summed E-state index contributed by atoms with van der Waals surface area (Å²) in [6.07, 6.45) is -2.87. The fourth-order valence-electron chi connectivity index (χ4n) is 4.57. The van der Waals surface area contributed by atoms with Gasteiger partial charge in [0.1, 0.15) is 23.4 Å². The van der Waals surface area contributed by atoms with Gasteiger partial charge in [-0.25, -0.2) is 9.37 Å². The van der Waals surface area contributed by atoms with Crippen molar-refractivity contribution in [2.24, 2.45) is 0 Å². The molecule has 6 nitrogen and oxygen atoms in total. The molecule has 0 saturated carbocycles. The van der Waals surface area contributed by atoms with E-state index in [1.807, 2.05) is 29.2 Å². The number of fused-ring (bicyclic) bond motifs is 1. The van der Waals surface area contributed by atoms with Crippen LogP contribution in [0.2, 0.25) is 0 Å². The summed E-state index contributed by atoms with van der Waals surface area (Å²) in [7, 11) is 0. The van der Waals surface area contributed by atoms with Crippen LogP contribution in [-0.4, -0.2) is 47.0 Å². The molecule has 5 rings (SSSR count). The van der Waals surface area contributed by atoms with Crippen LogP contribution in [0.25, 0.3) is 10.9 Å². The van der Waals surface area contributed by atoms with Crippen molar-refractivity contribution in [2.75, 3.05) is 36.4 Å². The highest BCUT2D eigenvalue weighted by atomic mass is 19.4. The van der Waals surface area contributed by atoms with Gasteiger partial charge < -0.3 is 10.2 Å². The number of hydrogen-bond acceptors (Lipinski definition) is 5. The van der Waals surface area contributed by atoms with E-state index in [0.29, 0.717) is 31.9 Å². The summed E-state index contributed by atoms with van der Waals surface area (Å²) in [4.78, 5) is 25.6. The van der Waals surface area contributed by atoms with Crippen LogP contribution in [0.1, 0.15) is 17.3 Å². The lowest BCUT2D eigenvalue weighted by atomic mass is 9.99. The Morgan fingerprint density at radius 1 is 0.892 bits per heavy atom. The number of amides is 1. The quantitative estimate of drug-likeness (QED) is 0.371. The van der Waals surface area contributed by atoms with Gasteiger partial charge in [0, 0.05) is 43.4 Å². The molecule has 10 heteroatoms. The smallest absolute Gasteiger partial charge is 0.354 e. The van der Waals surface area contributed by atoms with Gasteiger partial charge in [-0.2, -0.15) is 13.2 Å². The lowest BCUT2D eigenvalue weighted by molar-refractivity contribution is -0.141. The molecule has 3 heterocycles. The van der Waals surface area contributed by atoms with Crippen LogP contribution in [-0.2, 0) is 11.0 Å². The van der Waals surface area contributed by atoms with Crippen molar-refractivity contribution in [1.29, 1.82) is 0 Å². The Kier molecular flexibility index (Phi) is 6.75. The summed E-state index contributed by atoms with van der Waals surface area (Å²) in [5.41, 5.74) is 1.02. The molecule has 1 fully saturated rings. The van der Waals surface area contributed by atoms with Crippen molar-refractivity contribution < 1.29 is 22.4 Å². The molecule has 37 heavy (non-hydrogen) atoms. The number of para-hydroxylation sites is 1. The van der Waals surface area contributed by atoms with E-state index in [1.54, 1.807) is 23.2 Å². The number of carbonyl (C=O) groups excluding carboxylic acids is 1. The van der Waals surface area contributed by atoms with Crippen LogP contribution in [0.5, 0.6) is 0 Å². The molecule has 1 amide bonds. The second-order valence-corrected chi connectivity index (χ2v) is 8.72. The topological polar surface area (TPSA) is 61.4 Å². The van der Waals surface area contributed by atoms with Crippen molar-refractivity contribution in [3.8, 4) is 0 Å². The number of nitrogens with one attached hydrogen (secondary N) is 1. The molecule has 1 N–H and O–H groups in total. The molecule has 1 atom stereocenters. The lowest BCUT2D eigenvalue weighted by Gasteiger charge is -2.39. The number of aromatic nitrogens is 2. The molecule has 0 aliphatic carbocycles. The second-order valence-electron chi connectivity index (χ2n) is 8.72. The van der Waals surface area contributed by atoms with E-state index < -0.39 is 23.7 Å². The van der Waals surface area contributed by atoms with E-state index in [0.717, 1.165) is 22.5 Å². The van der Waals surface area contributed by atoms with Gasteiger partial charge in [0.2, 0.25) is 5.91 Å². The fraction of sp³-hybridized carbons (Fsp3) is 0.222. The third-order valence-electron chi connectivity index (χ3n) is 6.37. The maximum absolute atomic E-state index is 13.6. The number of halogens is 4. The van der Waals surface area contributed by atoms with Crippen molar-refractivity contribution in [3.63, 3.8) is 0 Å². The summed E-state index contributed by atoms with van der Waals surface area (Å²) >= 11 is 0. The maximum atomic E-state index is 13.6. The van der Waals surface area contributed by atoms with Crippen molar-refractivity contribution in [3.05, 3.63) is 96.1 Å². The molecule has 4 aromatic rings. The van der Waals surface area contributed by atoms with Crippen LogP contribution >= 0.6 is 0 Å².